The Morgan fingerprint density at radius 1 is 1.71 bits per heavy atom. The molecule has 1 unspecified atom stereocenters. The van der Waals surface area contributed by atoms with Crippen molar-refractivity contribution in [3.63, 3.8) is 0 Å². The zero-order valence-corrected chi connectivity index (χ0v) is 8.45. The molecule has 4 heteroatoms. The number of carboxylic acids is 1. The van der Waals surface area contributed by atoms with E-state index < -0.39 is 5.97 Å². The molecule has 0 aromatic rings. The SMILES string of the molecule is CC(C)CNC1C=C(C(=O)O)C=CN1. The number of carbonyl (C=O) groups is 1. The number of aliphatic carboxylic acids is 1. The van der Waals surface area contributed by atoms with Gasteiger partial charge in [-0.25, -0.2) is 4.79 Å². The average Bonchev–Trinajstić information content (AvgIpc) is 2.15. The smallest absolute Gasteiger partial charge is 0.335 e. The van der Waals surface area contributed by atoms with Crippen molar-refractivity contribution in [1.29, 1.82) is 0 Å². The Morgan fingerprint density at radius 3 is 3.00 bits per heavy atom. The first kappa shape index (κ1) is 10.8. The lowest BCUT2D eigenvalue weighted by atomic mass is 10.1. The minimum Gasteiger partial charge on any atom is -0.478 e. The molecule has 1 atom stereocenters. The summed E-state index contributed by atoms with van der Waals surface area (Å²) in [5.74, 6) is -0.344. The second-order valence-corrected chi connectivity index (χ2v) is 3.71. The number of hydrogen-bond acceptors (Lipinski definition) is 3. The van der Waals surface area contributed by atoms with Crippen LogP contribution >= 0.6 is 0 Å². The molecule has 4 nitrogen and oxygen atoms in total. The van der Waals surface area contributed by atoms with Crippen LogP contribution < -0.4 is 10.6 Å². The fourth-order valence-corrected chi connectivity index (χ4v) is 1.15. The van der Waals surface area contributed by atoms with Gasteiger partial charge < -0.3 is 10.4 Å². The number of dihydropyridines is 1. The van der Waals surface area contributed by atoms with E-state index in [0.29, 0.717) is 11.5 Å². The fourth-order valence-electron chi connectivity index (χ4n) is 1.15. The molecule has 0 spiro atoms. The Morgan fingerprint density at radius 2 is 2.43 bits per heavy atom. The standard InChI is InChI=1S/C10H16N2O2/c1-7(2)6-12-9-5-8(10(13)14)3-4-11-9/h3-5,7,9,11-12H,6H2,1-2H3,(H,13,14). The molecule has 0 amide bonds. The molecule has 0 aromatic carbocycles. The minimum atomic E-state index is -0.890. The van der Waals surface area contributed by atoms with E-state index in [9.17, 15) is 4.79 Å². The van der Waals surface area contributed by atoms with Gasteiger partial charge in [-0.15, -0.1) is 0 Å². The van der Waals surface area contributed by atoms with Crippen LogP contribution in [0.4, 0.5) is 0 Å². The van der Waals surface area contributed by atoms with Crippen LogP contribution in [0.15, 0.2) is 23.9 Å². The minimum absolute atomic E-state index is 0.0755. The summed E-state index contributed by atoms with van der Waals surface area (Å²) in [5.41, 5.74) is 0.324. The van der Waals surface area contributed by atoms with Gasteiger partial charge in [0.1, 0.15) is 0 Å². The van der Waals surface area contributed by atoms with E-state index in [1.165, 1.54) is 0 Å². The van der Waals surface area contributed by atoms with Crippen LogP contribution in [0, 0.1) is 5.92 Å². The average molecular weight is 196 g/mol. The first-order chi connectivity index (χ1) is 6.59. The molecule has 0 aromatic heterocycles. The summed E-state index contributed by atoms with van der Waals surface area (Å²) >= 11 is 0. The first-order valence-corrected chi connectivity index (χ1v) is 4.70. The summed E-state index contributed by atoms with van der Waals surface area (Å²) in [6.45, 7) is 5.07. The van der Waals surface area contributed by atoms with E-state index in [-0.39, 0.29) is 6.17 Å². The van der Waals surface area contributed by atoms with E-state index >= 15 is 0 Å². The number of rotatable bonds is 4. The fraction of sp³-hybridized carbons (Fsp3) is 0.500. The maximum absolute atomic E-state index is 10.7. The van der Waals surface area contributed by atoms with Gasteiger partial charge in [0.2, 0.25) is 0 Å². The molecule has 0 saturated carbocycles. The van der Waals surface area contributed by atoms with Crippen LogP contribution in [0.25, 0.3) is 0 Å². The second kappa shape index (κ2) is 4.81. The molecule has 3 N–H and O–H groups in total. The van der Waals surface area contributed by atoms with Crippen LogP contribution in [0.1, 0.15) is 13.8 Å². The maximum atomic E-state index is 10.7. The normalized spacial score (nSPS) is 20.5. The lowest BCUT2D eigenvalue weighted by molar-refractivity contribution is -0.132. The highest BCUT2D eigenvalue weighted by atomic mass is 16.4. The maximum Gasteiger partial charge on any atom is 0.335 e. The Labute approximate surface area is 83.7 Å². The largest absolute Gasteiger partial charge is 0.478 e. The van der Waals surface area contributed by atoms with Gasteiger partial charge in [-0.1, -0.05) is 13.8 Å². The zero-order chi connectivity index (χ0) is 10.6. The van der Waals surface area contributed by atoms with E-state index in [0.717, 1.165) is 6.54 Å². The lowest BCUT2D eigenvalue weighted by Crippen LogP contribution is -2.41. The zero-order valence-electron chi connectivity index (χ0n) is 8.45. The molecule has 1 rings (SSSR count). The number of carboxylic acid groups (broad SMARTS) is 1. The van der Waals surface area contributed by atoms with Gasteiger partial charge in [-0.2, -0.15) is 0 Å². The van der Waals surface area contributed by atoms with Gasteiger partial charge in [-0.05, 0) is 30.8 Å². The molecule has 1 aliphatic heterocycles. The third-order valence-electron chi connectivity index (χ3n) is 1.88. The predicted octanol–water partition coefficient (Wildman–Crippen LogP) is 0.686. The lowest BCUT2D eigenvalue weighted by Gasteiger charge is -2.20. The molecule has 1 aliphatic rings. The van der Waals surface area contributed by atoms with Crippen molar-refractivity contribution in [2.75, 3.05) is 6.54 Å². The third-order valence-corrected chi connectivity index (χ3v) is 1.88. The van der Waals surface area contributed by atoms with Gasteiger partial charge in [0.15, 0.2) is 0 Å². The van der Waals surface area contributed by atoms with Crippen molar-refractivity contribution in [2.24, 2.45) is 5.92 Å². The van der Waals surface area contributed by atoms with E-state index in [1.54, 1.807) is 18.4 Å². The van der Waals surface area contributed by atoms with E-state index in [2.05, 4.69) is 24.5 Å². The summed E-state index contributed by atoms with van der Waals surface area (Å²) < 4.78 is 0. The van der Waals surface area contributed by atoms with Crippen molar-refractivity contribution in [2.45, 2.75) is 20.0 Å². The predicted molar refractivity (Wildman–Crippen MR) is 54.6 cm³/mol. The van der Waals surface area contributed by atoms with E-state index in [1.807, 2.05) is 0 Å². The van der Waals surface area contributed by atoms with Crippen molar-refractivity contribution >= 4 is 5.97 Å². The summed E-state index contributed by atoms with van der Waals surface area (Å²) in [5, 5.41) is 15.0. The Hall–Kier alpha value is -1.29. The molecule has 14 heavy (non-hydrogen) atoms. The van der Waals surface area contributed by atoms with Crippen molar-refractivity contribution in [1.82, 2.24) is 10.6 Å². The second-order valence-electron chi connectivity index (χ2n) is 3.71. The van der Waals surface area contributed by atoms with Crippen LogP contribution in [0.5, 0.6) is 0 Å². The van der Waals surface area contributed by atoms with Crippen molar-refractivity contribution in [3.8, 4) is 0 Å². The molecule has 0 radical (unpaired) electrons. The highest BCUT2D eigenvalue weighted by molar-refractivity contribution is 5.90. The Bertz CT molecular complexity index is 269. The van der Waals surface area contributed by atoms with Gasteiger partial charge in [0.25, 0.3) is 0 Å². The molecule has 78 valence electrons. The molecule has 0 fully saturated rings. The van der Waals surface area contributed by atoms with E-state index in [4.69, 9.17) is 5.11 Å². The summed E-state index contributed by atoms with van der Waals surface area (Å²) in [4.78, 5) is 10.7. The van der Waals surface area contributed by atoms with Crippen LogP contribution in [0.2, 0.25) is 0 Å². The van der Waals surface area contributed by atoms with Gasteiger partial charge in [-0.3, -0.25) is 5.32 Å². The summed E-state index contributed by atoms with van der Waals surface area (Å²) in [6.07, 6.45) is 4.80. The van der Waals surface area contributed by atoms with Gasteiger partial charge in [0, 0.05) is 0 Å². The monoisotopic (exact) mass is 196 g/mol. The molecular formula is C10H16N2O2. The van der Waals surface area contributed by atoms with Gasteiger partial charge in [0.05, 0.1) is 11.7 Å². The Kier molecular flexibility index (Phi) is 3.71. The molecule has 1 heterocycles. The number of hydrogen-bond donors (Lipinski definition) is 3. The summed E-state index contributed by atoms with van der Waals surface area (Å²) in [7, 11) is 0. The highest BCUT2D eigenvalue weighted by Gasteiger charge is 2.12. The van der Waals surface area contributed by atoms with Crippen molar-refractivity contribution in [3.05, 3.63) is 23.9 Å². The third kappa shape index (κ3) is 3.22. The first-order valence-electron chi connectivity index (χ1n) is 4.70. The molecule has 0 aliphatic carbocycles. The van der Waals surface area contributed by atoms with Crippen LogP contribution in [-0.4, -0.2) is 23.8 Å². The van der Waals surface area contributed by atoms with Gasteiger partial charge >= 0.3 is 5.97 Å². The topological polar surface area (TPSA) is 61.4 Å². The van der Waals surface area contributed by atoms with Crippen LogP contribution in [0.3, 0.4) is 0 Å². The Balaban J connectivity index is 2.49. The molecule has 0 saturated heterocycles. The highest BCUT2D eigenvalue weighted by Crippen LogP contribution is 2.03. The molecular weight excluding hydrogens is 180 g/mol. The quantitative estimate of drug-likeness (QED) is 0.619. The summed E-state index contributed by atoms with van der Waals surface area (Å²) in [6, 6.07) is 0. The molecule has 0 bridgehead atoms. The van der Waals surface area contributed by atoms with Crippen molar-refractivity contribution < 1.29 is 9.90 Å². The van der Waals surface area contributed by atoms with Crippen LogP contribution in [-0.2, 0) is 4.79 Å². The number of nitrogens with one attached hydrogen (secondary N) is 2.